The zero-order valence-corrected chi connectivity index (χ0v) is 33.8. The van der Waals surface area contributed by atoms with Crippen molar-refractivity contribution in [2.45, 2.75) is 63.1 Å². The average molecular weight is 879 g/mol. The second kappa shape index (κ2) is 15.9. The zero-order chi connectivity index (χ0) is 41.1. The summed E-state index contributed by atoms with van der Waals surface area (Å²) in [4.78, 5) is 73.3. The number of carbonyl (C=O) groups is 2. The molecule has 5 aromatic rings. The van der Waals surface area contributed by atoms with Crippen molar-refractivity contribution in [3.05, 3.63) is 65.2 Å². The van der Waals surface area contributed by atoms with Gasteiger partial charge in [0, 0.05) is 17.4 Å². The Kier molecular flexibility index (Phi) is 11.1. The van der Waals surface area contributed by atoms with E-state index in [2.05, 4.69) is 52.8 Å². The molecule has 6 heterocycles. The van der Waals surface area contributed by atoms with Gasteiger partial charge in [0.1, 0.15) is 36.8 Å². The lowest BCUT2D eigenvalue weighted by molar-refractivity contribution is -0.118. The number of aliphatic hydroxyl groups excluding tert-OH is 2. The van der Waals surface area contributed by atoms with Gasteiger partial charge in [0.25, 0.3) is 11.5 Å². The van der Waals surface area contributed by atoms with Crippen LogP contribution in [-0.2, 0) is 44.0 Å². The molecular weight excluding hydrogens is 842 g/mol. The van der Waals surface area contributed by atoms with Crippen molar-refractivity contribution >= 4 is 83.5 Å². The van der Waals surface area contributed by atoms with Crippen molar-refractivity contribution in [3.63, 3.8) is 0 Å². The molecule has 3 fully saturated rings. The predicted octanol–water partition coefficient (Wildman–Crippen LogP) is 2.06. The number of benzene rings is 1. The molecule has 2 saturated heterocycles. The minimum absolute atomic E-state index is 0.0207. The Balaban J connectivity index is 1.06. The summed E-state index contributed by atoms with van der Waals surface area (Å²) in [6.07, 6.45) is -4.56. The Morgan fingerprint density at radius 2 is 1.71 bits per heavy atom. The van der Waals surface area contributed by atoms with E-state index in [1.807, 2.05) is 0 Å². The monoisotopic (exact) mass is 878 g/mol. The molecule has 0 radical (unpaired) electrons. The predicted molar refractivity (Wildman–Crippen MR) is 209 cm³/mol. The van der Waals surface area contributed by atoms with Gasteiger partial charge in [-0.1, -0.05) is 44.3 Å². The number of anilines is 2. The van der Waals surface area contributed by atoms with E-state index in [0.717, 1.165) is 0 Å². The van der Waals surface area contributed by atoms with Crippen LogP contribution in [0.5, 0.6) is 0 Å². The van der Waals surface area contributed by atoms with Gasteiger partial charge in [0.05, 0.1) is 31.9 Å². The van der Waals surface area contributed by atoms with Gasteiger partial charge in [-0.25, -0.2) is 24.5 Å². The molecule has 1 saturated carbocycles. The number of amides is 2. The molecule has 2 unspecified atom stereocenters. The Bertz CT molecular complexity index is 2540. The first-order chi connectivity index (χ1) is 27.6. The molecule has 10 atom stereocenters. The lowest BCUT2D eigenvalue weighted by atomic mass is 10.1. The minimum atomic E-state index is -4.40. The standard InChI is InChI=1S/C32H36N10O12P2S2/c1-14(2)28(45)39-32-38-27-20(30(47)40-32)36-12-41(27)17-8-16-9-50-55(48,57)54-24-22(44)18(10-51-56(49,58)53-23(16)21(17)43)52-31(24)42-13-35-19-25(33-11-34-26(19)42)37-29(46)15-6-4-3-5-7-15/h3-7,11-14,16-18,21-24,31,43-44H,8-10H2,1-2H3,(H,48,57)(H,49,58)(H,33,34,37,46)(H2,38,39,40,45,47)/t16-,17-,18-,21+,22-,23-,24-,31-,55?,56?/m1/s1. The Morgan fingerprint density at radius 3 is 2.47 bits per heavy atom. The number of hydrogen-bond acceptors (Lipinski definition) is 17. The van der Waals surface area contributed by atoms with Crippen LogP contribution in [0.25, 0.3) is 22.3 Å². The highest BCUT2D eigenvalue weighted by molar-refractivity contribution is 8.44. The van der Waals surface area contributed by atoms with E-state index in [1.165, 1.54) is 28.1 Å². The summed E-state index contributed by atoms with van der Waals surface area (Å²) in [5.74, 6) is -2.18. The van der Waals surface area contributed by atoms with Crippen LogP contribution in [0.1, 0.15) is 42.9 Å². The number of hydrogen-bond donors (Lipinski definition) is 7. The van der Waals surface area contributed by atoms with Crippen LogP contribution < -0.4 is 16.2 Å². The van der Waals surface area contributed by atoms with Gasteiger partial charge in [-0.05, 0) is 30.4 Å². The molecule has 4 aromatic heterocycles. The van der Waals surface area contributed by atoms with E-state index < -0.39 is 98.7 Å². The number of rotatable bonds is 6. The van der Waals surface area contributed by atoms with E-state index in [1.54, 1.807) is 44.2 Å². The van der Waals surface area contributed by atoms with Gasteiger partial charge in [0.15, 0.2) is 34.4 Å². The maximum Gasteiger partial charge on any atom is 0.386 e. The summed E-state index contributed by atoms with van der Waals surface area (Å²) in [6, 6.07) is 7.52. The summed E-state index contributed by atoms with van der Waals surface area (Å²) in [5.41, 5.74) is -0.0194. The summed E-state index contributed by atoms with van der Waals surface area (Å²) >= 11 is 9.56. The third-order valence-corrected chi connectivity index (χ3v) is 13.0. The largest absolute Gasteiger partial charge is 0.388 e. The number of ether oxygens (including phenoxy) is 1. The Labute approximate surface area is 337 Å². The molecule has 26 heteroatoms. The lowest BCUT2D eigenvalue weighted by Gasteiger charge is -2.28. The molecule has 2 amide bonds. The number of nitrogens with one attached hydrogen (secondary N) is 3. The number of H-pyrrole nitrogens is 1. The van der Waals surface area contributed by atoms with Crippen LogP contribution in [0.2, 0.25) is 0 Å². The third-order valence-electron chi connectivity index (χ3n) is 9.87. The topological polar surface area (TPSA) is 289 Å². The number of imidazole rings is 2. The first-order valence-corrected chi connectivity index (χ1v) is 23.0. The molecule has 3 aliphatic rings. The second-order valence-corrected chi connectivity index (χ2v) is 19.7. The van der Waals surface area contributed by atoms with E-state index in [0.29, 0.717) is 5.56 Å². The highest BCUT2D eigenvalue weighted by Crippen LogP contribution is 2.59. The second-order valence-electron chi connectivity index (χ2n) is 14.0. The highest BCUT2D eigenvalue weighted by Gasteiger charge is 2.52. The molecule has 6 N–H and O–H groups in total. The van der Waals surface area contributed by atoms with Gasteiger partial charge in [-0.2, -0.15) is 4.98 Å². The van der Waals surface area contributed by atoms with Crippen molar-refractivity contribution in [1.82, 2.24) is 39.0 Å². The number of aromatic amines is 1. The number of nitrogens with zero attached hydrogens (tertiary/aromatic N) is 7. The van der Waals surface area contributed by atoms with Gasteiger partial charge < -0.3 is 43.3 Å². The smallest absolute Gasteiger partial charge is 0.386 e. The third kappa shape index (κ3) is 7.99. The molecule has 2 bridgehead atoms. The fraction of sp³-hybridized carbons (Fsp3) is 0.438. The average Bonchev–Trinajstić information content (AvgIpc) is 3.95. The summed E-state index contributed by atoms with van der Waals surface area (Å²) in [6.45, 7) is -6.29. The maximum absolute atomic E-state index is 13.9. The van der Waals surface area contributed by atoms with Crippen LogP contribution in [0.4, 0.5) is 11.8 Å². The zero-order valence-electron chi connectivity index (χ0n) is 30.3. The van der Waals surface area contributed by atoms with Crippen LogP contribution in [0.3, 0.4) is 0 Å². The molecule has 0 spiro atoms. The van der Waals surface area contributed by atoms with Crippen LogP contribution in [0.15, 0.2) is 54.1 Å². The van der Waals surface area contributed by atoms with Gasteiger partial charge in [-0.3, -0.25) is 33.8 Å². The lowest BCUT2D eigenvalue weighted by Crippen LogP contribution is -2.35. The fourth-order valence-corrected chi connectivity index (χ4v) is 9.96. The highest BCUT2D eigenvalue weighted by atomic mass is 32.7. The molecule has 2 aliphatic heterocycles. The van der Waals surface area contributed by atoms with Gasteiger partial charge in [-0.15, -0.1) is 0 Å². The van der Waals surface area contributed by atoms with Crippen molar-refractivity contribution in [3.8, 4) is 0 Å². The number of fused-ring (bicyclic) bond motifs is 5. The van der Waals surface area contributed by atoms with E-state index >= 15 is 0 Å². The number of carbonyl (C=O) groups excluding carboxylic acids is 2. The van der Waals surface area contributed by atoms with Gasteiger partial charge in [0.2, 0.25) is 11.9 Å². The van der Waals surface area contributed by atoms with E-state index in [9.17, 15) is 34.1 Å². The molecule has 8 rings (SSSR count). The maximum atomic E-state index is 13.9. The summed E-state index contributed by atoms with van der Waals surface area (Å²) < 4.78 is 46.0. The minimum Gasteiger partial charge on any atom is -0.388 e. The van der Waals surface area contributed by atoms with Crippen LogP contribution in [0, 0.1) is 11.8 Å². The van der Waals surface area contributed by atoms with Crippen molar-refractivity contribution in [1.29, 1.82) is 0 Å². The quantitative estimate of drug-likeness (QED) is 0.0949. The fourth-order valence-electron chi connectivity index (χ4n) is 6.98. The summed E-state index contributed by atoms with van der Waals surface area (Å²) in [7, 11) is 0. The van der Waals surface area contributed by atoms with Crippen molar-refractivity contribution in [2.75, 3.05) is 23.8 Å². The molecule has 58 heavy (non-hydrogen) atoms. The first kappa shape index (κ1) is 40.7. The van der Waals surface area contributed by atoms with Crippen molar-refractivity contribution in [2.24, 2.45) is 11.8 Å². The molecule has 308 valence electrons. The number of aliphatic hydroxyl groups is 2. The van der Waals surface area contributed by atoms with E-state index in [-0.39, 0.29) is 40.5 Å². The first-order valence-electron chi connectivity index (χ1n) is 17.7. The molecular formula is C32H36N10O12P2S2. The molecule has 22 nitrogen and oxygen atoms in total. The summed E-state index contributed by atoms with van der Waals surface area (Å²) in [5, 5.41) is 28.3. The molecule has 1 aliphatic carbocycles. The van der Waals surface area contributed by atoms with Gasteiger partial charge >= 0.3 is 13.5 Å². The Morgan fingerprint density at radius 1 is 0.966 bits per heavy atom. The number of aromatic nitrogens is 8. The Hall–Kier alpha value is -4.03. The SMILES string of the molecule is CC(C)C(=O)Nc1nc2c(ncn2[C@@H]2C[C@@H]3COP(=O)(S)O[C@@H]4[C@H](O)[C@@H](COP(O)(=S)O[C@H]3[C@H]2O)O[C@H]4n2cnc3c(NC(=O)c4ccccc4)ncnc32)c(=O)[nH]1. The number of thiol groups is 1. The van der Waals surface area contributed by atoms with Crippen LogP contribution >= 0.6 is 25.8 Å². The van der Waals surface area contributed by atoms with Crippen molar-refractivity contribution < 1.29 is 52.1 Å². The normalized spacial score (nSPS) is 31.7. The van der Waals surface area contributed by atoms with E-state index in [4.69, 9.17) is 34.6 Å². The van der Waals surface area contributed by atoms with Crippen LogP contribution in [-0.4, -0.2) is 110 Å². The molecule has 1 aromatic carbocycles.